The van der Waals surface area contributed by atoms with Gasteiger partial charge in [0.05, 0.1) is 0 Å². The number of allylic oxidation sites excluding steroid dienone is 4. The van der Waals surface area contributed by atoms with Gasteiger partial charge >= 0.3 is 0 Å². The Morgan fingerprint density at radius 1 is 1.18 bits per heavy atom. The average Bonchev–Trinajstić information content (AvgIpc) is 2.82. The standard InChI is InChI=1S/C15H24N.Ti/c1-12-11-15(4,14(3)13(12)2)7-10-16-8-5-6-9-16;/h5-10H2,1-4H3;/q-1;. The van der Waals surface area contributed by atoms with E-state index in [0.717, 1.165) is 0 Å². The van der Waals surface area contributed by atoms with E-state index in [4.69, 9.17) is 0 Å². The quantitative estimate of drug-likeness (QED) is 0.557. The zero-order chi connectivity index (χ0) is 11.8. The second kappa shape index (κ2) is 5.86. The maximum absolute atomic E-state index is 3.67. The van der Waals surface area contributed by atoms with Crippen LogP contribution in [0.2, 0.25) is 0 Å². The molecule has 0 spiro atoms. The Morgan fingerprint density at radius 3 is 2.24 bits per heavy atom. The fourth-order valence-corrected chi connectivity index (χ4v) is 2.93. The summed E-state index contributed by atoms with van der Waals surface area (Å²) in [5.41, 5.74) is 4.56. The van der Waals surface area contributed by atoms with Crippen molar-refractivity contribution in [1.82, 2.24) is 4.90 Å². The minimum atomic E-state index is 0. The first kappa shape index (κ1) is 15.2. The molecule has 0 amide bonds. The zero-order valence-corrected chi connectivity index (χ0v) is 13.3. The molecule has 0 N–H and O–H groups in total. The molecule has 1 fully saturated rings. The van der Waals surface area contributed by atoms with Gasteiger partial charge in [0.1, 0.15) is 0 Å². The molecule has 0 radical (unpaired) electrons. The smallest absolute Gasteiger partial charge is 0 e. The average molecular weight is 266 g/mol. The van der Waals surface area contributed by atoms with Crippen molar-refractivity contribution in [2.45, 2.75) is 47.0 Å². The van der Waals surface area contributed by atoms with Crippen molar-refractivity contribution in [1.29, 1.82) is 0 Å². The molecule has 1 atom stereocenters. The third kappa shape index (κ3) is 3.13. The van der Waals surface area contributed by atoms with Gasteiger partial charge in [-0.15, -0.1) is 6.92 Å². The Kier molecular flexibility index (Phi) is 5.25. The Labute approximate surface area is 121 Å². The summed E-state index contributed by atoms with van der Waals surface area (Å²) in [6, 6.07) is 0. The van der Waals surface area contributed by atoms with Crippen LogP contribution < -0.4 is 0 Å². The largest absolute Gasteiger partial charge is 0.303 e. The zero-order valence-electron chi connectivity index (χ0n) is 11.7. The molecule has 94 valence electrons. The minimum Gasteiger partial charge on any atom is -0.303 e. The first-order valence-electron chi connectivity index (χ1n) is 6.55. The van der Waals surface area contributed by atoms with Crippen LogP contribution in [-0.4, -0.2) is 24.5 Å². The summed E-state index contributed by atoms with van der Waals surface area (Å²) in [4.78, 5) is 2.60. The number of nitrogens with zero attached hydrogens (tertiary/aromatic N) is 1. The third-order valence-electron chi connectivity index (χ3n) is 4.54. The number of hydrogen-bond acceptors (Lipinski definition) is 1. The predicted octanol–water partition coefficient (Wildman–Crippen LogP) is 3.58. The number of hydrogen-bond donors (Lipinski definition) is 0. The van der Waals surface area contributed by atoms with Gasteiger partial charge in [-0.3, -0.25) is 6.08 Å². The van der Waals surface area contributed by atoms with Gasteiger partial charge in [-0.05, 0) is 38.9 Å². The van der Waals surface area contributed by atoms with Crippen molar-refractivity contribution < 1.29 is 21.7 Å². The van der Waals surface area contributed by atoms with E-state index in [-0.39, 0.29) is 27.1 Å². The molecular formula is C15H24NTi-. The van der Waals surface area contributed by atoms with E-state index in [1.165, 1.54) is 55.6 Å². The normalized spacial score (nSPS) is 29.5. The summed E-state index contributed by atoms with van der Waals surface area (Å²) in [5.74, 6) is 0. The second-order valence-electron chi connectivity index (χ2n) is 5.63. The minimum absolute atomic E-state index is 0. The fourth-order valence-electron chi connectivity index (χ4n) is 2.93. The van der Waals surface area contributed by atoms with Crippen LogP contribution in [-0.2, 0) is 21.7 Å². The van der Waals surface area contributed by atoms with Gasteiger partial charge in [-0.2, -0.15) is 11.1 Å². The van der Waals surface area contributed by atoms with E-state index >= 15 is 0 Å². The number of likely N-dealkylation sites (tertiary alicyclic amines) is 1. The molecule has 0 aromatic rings. The predicted molar refractivity (Wildman–Crippen MR) is 69.2 cm³/mol. The Morgan fingerprint density at radius 2 is 1.76 bits per heavy atom. The van der Waals surface area contributed by atoms with Crippen LogP contribution in [0.5, 0.6) is 0 Å². The van der Waals surface area contributed by atoms with E-state index in [9.17, 15) is 0 Å². The van der Waals surface area contributed by atoms with Gasteiger partial charge in [0.25, 0.3) is 0 Å². The maximum Gasteiger partial charge on any atom is 0 e. The number of rotatable bonds is 3. The van der Waals surface area contributed by atoms with Gasteiger partial charge in [0, 0.05) is 21.7 Å². The van der Waals surface area contributed by atoms with Crippen LogP contribution in [0.4, 0.5) is 0 Å². The molecule has 17 heavy (non-hydrogen) atoms. The molecule has 2 aliphatic rings. The molecule has 2 heteroatoms. The van der Waals surface area contributed by atoms with Crippen molar-refractivity contribution in [3.8, 4) is 0 Å². The molecule has 1 unspecified atom stereocenters. The van der Waals surface area contributed by atoms with Gasteiger partial charge in [-0.25, -0.2) is 5.57 Å². The van der Waals surface area contributed by atoms with E-state index in [2.05, 4.69) is 38.7 Å². The summed E-state index contributed by atoms with van der Waals surface area (Å²) in [5, 5.41) is 0. The molecule has 1 aliphatic carbocycles. The van der Waals surface area contributed by atoms with Crippen LogP contribution in [0.3, 0.4) is 0 Å². The van der Waals surface area contributed by atoms with Crippen molar-refractivity contribution in [2.24, 2.45) is 5.41 Å². The van der Waals surface area contributed by atoms with Crippen LogP contribution >= 0.6 is 0 Å². The van der Waals surface area contributed by atoms with Crippen molar-refractivity contribution in [3.05, 3.63) is 22.8 Å². The van der Waals surface area contributed by atoms with Crippen LogP contribution in [0.1, 0.15) is 47.0 Å². The third-order valence-corrected chi connectivity index (χ3v) is 4.54. The van der Waals surface area contributed by atoms with E-state index in [1.54, 1.807) is 0 Å². The summed E-state index contributed by atoms with van der Waals surface area (Å²) in [6.07, 6.45) is 7.68. The Balaban J connectivity index is 0.00000144. The van der Waals surface area contributed by atoms with Crippen LogP contribution in [0, 0.1) is 11.5 Å². The molecule has 2 rings (SSSR count). The maximum atomic E-state index is 3.67. The van der Waals surface area contributed by atoms with Crippen molar-refractivity contribution in [2.75, 3.05) is 19.6 Å². The first-order valence-corrected chi connectivity index (χ1v) is 6.55. The molecule has 1 heterocycles. The monoisotopic (exact) mass is 266 g/mol. The Hall–Kier alpha value is 0.154. The van der Waals surface area contributed by atoms with Crippen LogP contribution in [0.25, 0.3) is 0 Å². The van der Waals surface area contributed by atoms with E-state index < -0.39 is 0 Å². The molecule has 0 aromatic heterocycles. The van der Waals surface area contributed by atoms with Gasteiger partial charge < -0.3 is 4.90 Å². The van der Waals surface area contributed by atoms with Crippen molar-refractivity contribution in [3.63, 3.8) is 0 Å². The van der Waals surface area contributed by atoms with E-state index in [1.807, 2.05) is 0 Å². The van der Waals surface area contributed by atoms with Crippen LogP contribution in [0.15, 0.2) is 16.7 Å². The summed E-state index contributed by atoms with van der Waals surface area (Å²) >= 11 is 0. The van der Waals surface area contributed by atoms with Gasteiger partial charge in [0.15, 0.2) is 0 Å². The molecule has 1 nitrogen and oxygen atoms in total. The van der Waals surface area contributed by atoms with Crippen molar-refractivity contribution >= 4 is 0 Å². The summed E-state index contributed by atoms with van der Waals surface area (Å²) < 4.78 is 0. The second-order valence-corrected chi connectivity index (χ2v) is 5.63. The molecule has 0 aromatic carbocycles. The SMILES string of the molecule is CC1=[C-]C(C)(CCN2CCCC2)C(C)=C1C.[Ti]. The molecular weight excluding hydrogens is 242 g/mol. The topological polar surface area (TPSA) is 3.24 Å². The molecule has 0 saturated carbocycles. The Bertz CT molecular complexity index is 337. The molecule has 1 aliphatic heterocycles. The van der Waals surface area contributed by atoms with E-state index in [0.29, 0.717) is 0 Å². The van der Waals surface area contributed by atoms with Gasteiger partial charge in [0.2, 0.25) is 0 Å². The fraction of sp³-hybridized carbons (Fsp3) is 0.733. The molecule has 1 saturated heterocycles. The summed E-state index contributed by atoms with van der Waals surface area (Å²) in [6.45, 7) is 12.9. The first-order chi connectivity index (χ1) is 7.53. The summed E-state index contributed by atoms with van der Waals surface area (Å²) in [7, 11) is 0. The van der Waals surface area contributed by atoms with Gasteiger partial charge in [-0.1, -0.05) is 26.2 Å². The molecule has 0 bridgehead atoms.